The van der Waals surface area contributed by atoms with Crippen LogP contribution in [0.1, 0.15) is 16.9 Å². The van der Waals surface area contributed by atoms with E-state index in [1.54, 1.807) is 0 Å². The fourth-order valence-electron chi connectivity index (χ4n) is 1.95. The van der Waals surface area contributed by atoms with Gasteiger partial charge in [0.15, 0.2) is 11.5 Å². The number of hydrogen-bond acceptors (Lipinski definition) is 6. The molecule has 2 heterocycles. The van der Waals surface area contributed by atoms with Gasteiger partial charge in [-0.1, -0.05) is 5.11 Å². The van der Waals surface area contributed by atoms with Crippen molar-refractivity contribution in [2.24, 2.45) is 11.0 Å². The monoisotopic (exact) mass is 276 g/mol. The minimum absolute atomic E-state index is 0.0273. The van der Waals surface area contributed by atoms with E-state index in [9.17, 15) is 9.59 Å². The number of ether oxygens (including phenoxy) is 1. The average Bonchev–Trinajstić information content (AvgIpc) is 2.85. The predicted molar refractivity (Wildman–Crippen MR) is 67.8 cm³/mol. The van der Waals surface area contributed by atoms with E-state index in [2.05, 4.69) is 24.7 Å². The summed E-state index contributed by atoms with van der Waals surface area (Å²) in [5.41, 5.74) is 8.35. The third-order valence-electron chi connectivity index (χ3n) is 2.92. The number of carbonyl (C=O) groups is 2. The Morgan fingerprint density at radius 3 is 3.00 bits per heavy atom. The molecule has 0 saturated carbocycles. The van der Waals surface area contributed by atoms with E-state index in [1.807, 2.05) is 0 Å². The molecule has 1 saturated heterocycles. The molecule has 1 aromatic heterocycles. The van der Waals surface area contributed by atoms with Gasteiger partial charge in [0.25, 0.3) is 0 Å². The molecule has 2 rings (SSSR count). The highest BCUT2D eigenvalue weighted by molar-refractivity contribution is 5.95. The maximum absolute atomic E-state index is 11.9. The summed E-state index contributed by atoms with van der Waals surface area (Å²) in [5, 5.41) is 3.47. The number of anilines is 1. The first-order valence-corrected chi connectivity index (χ1v) is 5.87. The number of azide groups is 1. The van der Waals surface area contributed by atoms with Crippen LogP contribution in [0, 0.1) is 5.92 Å². The lowest BCUT2D eigenvalue weighted by molar-refractivity contribution is -0.117. The molecule has 0 bridgehead atoms. The fourth-order valence-corrected chi connectivity index (χ4v) is 1.95. The molecule has 1 atom stereocenters. The van der Waals surface area contributed by atoms with Crippen LogP contribution in [0.15, 0.2) is 17.5 Å². The van der Waals surface area contributed by atoms with Crippen molar-refractivity contribution in [3.05, 3.63) is 28.5 Å². The lowest BCUT2D eigenvalue weighted by Crippen LogP contribution is -2.26. The van der Waals surface area contributed by atoms with Gasteiger partial charge in [0.1, 0.15) is 0 Å². The first-order chi connectivity index (χ1) is 9.65. The van der Waals surface area contributed by atoms with Crippen LogP contribution in [0.5, 0.6) is 0 Å². The van der Waals surface area contributed by atoms with Gasteiger partial charge >= 0.3 is 5.97 Å². The SMILES string of the molecule is COC(=O)c1cnc(N2CC(CN=[N+]=[N-])CC2=O)cn1. The Balaban J connectivity index is 2.10. The Bertz CT molecular complexity index is 566. The number of amides is 1. The van der Waals surface area contributed by atoms with Gasteiger partial charge in [-0.25, -0.2) is 14.8 Å². The molecule has 1 aliphatic heterocycles. The van der Waals surface area contributed by atoms with Gasteiger partial charge in [-0.15, -0.1) is 0 Å². The second kappa shape index (κ2) is 5.98. The number of carbonyl (C=O) groups excluding carboxylic acids is 2. The van der Waals surface area contributed by atoms with E-state index < -0.39 is 5.97 Å². The Morgan fingerprint density at radius 2 is 2.40 bits per heavy atom. The second-order valence-corrected chi connectivity index (χ2v) is 4.24. The summed E-state index contributed by atoms with van der Waals surface area (Å²) in [7, 11) is 1.25. The van der Waals surface area contributed by atoms with E-state index in [0.29, 0.717) is 18.8 Å². The second-order valence-electron chi connectivity index (χ2n) is 4.24. The zero-order valence-electron chi connectivity index (χ0n) is 10.8. The smallest absolute Gasteiger partial charge is 0.358 e. The third kappa shape index (κ3) is 2.83. The maximum atomic E-state index is 11.9. The Morgan fingerprint density at radius 1 is 1.60 bits per heavy atom. The summed E-state index contributed by atoms with van der Waals surface area (Å²) < 4.78 is 4.52. The number of aromatic nitrogens is 2. The highest BCUT2D eigenvalue weighted by atomic mass is 16.5. The Labute approximate surface area is 114 Å². The van der Waals surface area contributed by atoms with Crippen LogP contribution >= 0.6 is 0 Å². The molecule has 1 aromatic rings. The lowest BCUT2D eigenvalue weighted by Gasteiger charge is -2.14. The van der Waals surface area contributed by atoms with Crippen molar-refractivity contribution in [1.29, 1.82) is 0 Å². The number of rotatable bonds is 4. The van der Waals surface area contributed by atoms with Crippen molar-refractivity contribution >= 4 is 17.7 Å². The van der Waals surface area contributed by atoms with Crippen molar-refractivity contribution in [2.75, 3.05) is 25.1 Å². The van der Waals surface area contributed by atoms with Gasteiger partial charge in [0.05, 0.1) is 19.5 Å². The van der Waals surface area contributed by atoms with E-state index >= 15 is 0 Å². The van der Waals surface area contributed by atoms with Crippen molar-refractivity contribution < 1.29 is 14.3 Å². The van der Waals surface area contributed by atoms with E-state index in [-0.39, 0.29) is 24.1 Å². The van der Waals surface area contributed by atoms with Crippen molar-refractivity contribution in [3.63, 3.8) is 0 Å². The Hall–Kier alpha value is -2.67. The highest BCUT2D eigenvalue weighted by Crippen LogP contribution is 2.23. The zero-order chi connectivity index (χ0) is 14.5. The van der Waals surface area contributed by atoms with Crippen LogP contribution in [-0.2, 0) is 9.53 Å². The lowest BCUT2D eigenvalue weighted by atomic mass is 10.1. The van der Waals surface area contributed by atoms with Crippen molar-refractivity contribution in [3.8, 4) is 0 Å². The first kappa shape index (κ1) is 13.8. The topological polar surface area (TPSA) is 121 Å². The summed E-state index contributed by atoms with van der Waals surface area (Å²) in [4.78, 5) is 35.2. The molecule has 20 heavy (non-hydrogen) atoms. The zero-order valence-corrected chi connectivity index (χ0v) is 10.8. The number of nitrogens with zero attached hydrogens (tertiary/aromatic N) is 6. The van der Waals surface area contributed by atoms with Gasteiger partial charge in [0, 0.05) is 24.4 Å². The largest absolute Gasteiger partial charge is 0.464 e. The third-order valence-corrected chi connectivity index (χ3v) is 2.92. The van der Waals surface area contributed by atoms with Crippen molar-refractivity contribution in [2.45, 2.75) is 6.42 Å². The summed E-state index contributed by atoms with van der Waals surface area (Å²) in [6, 6.07) is 0. The first-order valence-electron chi connectivity index (χ1n) is 5.87. The van der Waals surface area contributed by atoms with Crippen LogP contribution in [0.2, 0.25) is 0 Å². The van der Waals surface area contributed by atoms with Gasteiger partial charge in [-0.05, 0) is 11.4 Å². The number of hydrogen-bond donors (Lipinski definition) is 0. The fraction of sp³-hybridized carbons (Fsp3) is 0.455. The van der Waals surface area contributed by atoms with E-state index in [4.69, 9.17) is 5.53 Å². The van der Waals surface area contributed by atoms with Gasteiger partial charge in [-0.3, -0.25) is 9.69 Å². The standard InChI is InChI=1S/C11H12N6O3/c1-20-11(19)8-4-14-9(5-13-8)17-6-7(2-10(17)18)3-15-16-12/h4-5,7H,2-3,6H2,1H3. The molecule has 1 fully saturated rings. The maximum Gasteiger partial charge on any atom is 0.358 e. The summed E-state index contributed by atoms with van der Waals surface area (Å²) in [6.45, 7) is 0.691. The average molecular weight is 276 g/mol. The Kier molecular flexibility index (Phi) is 4.11. The molecule has 0 radical (unpaired) electrons. The normalized spacial score (nSPS) is 17.8. The van der Waals surface area contributed by atoms with E-state index in [0.717, 1.165) is 0 Å². The molecular weight excluding hydrogens is 264 g/mol. The molecule has 1 aliphatic rings. The minimum atomic E-state index is -0.585. The quantitative estimate of drug-likeness (QED) is 0.350. The molecule has 9 nitrogen and oxygen atoms in total. The molecule has 9 heteroatoms. The molecule has 0 spiro atoms. The van der Waals surface area contributed by atoms with Crippen LogP contribution in [0.25, 0.3) is 10.4 Å². The van der Waals surface area contributed by atoms with Crippen LogP contribution < -0.4 is 4.90 Å². The molecule has 104 valence electrons. The van der Waals surface area contributed by atoms with Crippen LogP contribution in [-0.4, -0.2) is 42.0 Å². The number of esters is 1. The molecule has 1 amide bonds. The van der Waals surface area contributed by atoms with Gasteiger partial charge < -0.3 is 4.74 Å². The molecule has 1 unspecified atom stereocenters. The van der Waals surface area contributed by atoms with E-state index in [1.165, 1.54) is 24.4 Å². The highest BCUT2D eigenvalue weighted by Gasteiger charge is 2.31. The van der Waals surface area contributed by atoms with Crippen LogP contribution in [0.4, 0.5) is 5.82 Å². The van der Waals surface area contributed by atoms with Crippen LogP contribution in [0.3, 0.4) is 0 Å². The van der Waals surface area contributed by atoms with Gasteiger partial charge in [-0.2, -0.15) is 0 Å². The minimum Gasteiger partial charge on any atom is -0.464 e. The predicted octanol–water partition coefficient (Wildman–Crippen LogP) is 0.926. The summed E-state index contributed by atoms with van der Waals surface area (Å²) >= 11 is 0. The molecule has 0 N–H and O–H groups in total. The van der Waals surface area contributed by atoms with Gasteiger partial charge in [0.2, 0.25) is 5.91 Å². The molecule has 0 aliphatic carbocycles. The molecule has 0 aromatic carbocycles. The summed E-state index contributed by atoms with van der Waals surface area (Å²) in [5.74, 6) is -0.354. The number of methoxy groups -OCH3 is 1. The summed E-state index contributed by atoms with van der Waals surface area (Å²) in [6.07, 6.45) is 2.91. The molecular formula is C11H12N6O3. The van der Waals surface area contributed by atoms with Crippen molar-refractivity contribution in [1.82, 2.24) is 9.97 Å².